The summed E-state index contributed by atoms with van der Waals surface area (Å²) in [4.78, 5) is 13.9. The number of aromatic nitrogens is 3. The third kappa shape index (κ3) is 2.71. The van der Waals surface area contributed by atoms with Crippen molar-refractivity contribution in [3.63, 3.8) is 0 Å². The zero-order chi connectivity index (χ0) is 12.3. The summed E-state index contributed by atoms with van der Waals surface area (Å²) in [6, 6.07) is 1.19. The Kier molecular flexibility index (Phi) is 2.91. The number of carbonyl (C=O) groups is 1. The maximum atomic E-state index is 12.9. The van der Waals surface area contributed by atoms with Crippen LogP contribution in [0, 0.1) is 5.82 Å². The molecule has 1 N–H and O–H groups in total. The monoisotopic (exact) mass is 235 g/mol. The molecule has 0 spiro atoms. The van der Waals surface area contributed by atoms with Crippen molar-refractivity contribution in [2.24, 2.45) is 0 Å². The molecule has 0 bridgehead atoms. The van der Waals surface area contributed by atoms with Crippen LogP contribution in [-0.4, -0.2) is 26.3 Å². The van der Waals surface area contributed by atoms with Gasteiger partial charge in [-0.15, -0.1) is 10.2 Å². The van der Waals surface area contributed by atoms with Crippen LogP contribution in [0.25, 0.3) is 17.5 Å². The first-order valence-electron chi connectivity index (χ1n) is 4.50. The lowest BCUT2D eigenvalue weighted by molar-refractivity contribution is -0.131. The van der Waals surface area contributed by atoms with Crippen molar-refractivity contribution in [1.29, 1.82) is 0 Å². The highest BCUT2D eigenvalue weighted by atomic mass is 19.1. The van der Waals surface area contributed by atoms with E-state index in [1.807, 2.05) is 0 Å². The second-order valence-electron chi connectivity index (χ2n) is 3.01. The van der Waals surface area contributed by atoms with Crippen LogP contribution in [0.3, 0.4) is 0 Å². The van der Waals surface area contributed by atoms with Gasteiger partial charge in [0, 0.05) is 18.3 Å². The average Bonchev–Trinajstić information content (AvgIpc) is 2.75. The molecular formula is C10H6FN3O3. The molecule has 6 nitrogen and oxygen atoms in total. The number of carboxylic acid groups (broad SMARTS) is 1. The van der Waals surface area contributed by atoms with Crippen molar-refractivity contribution < 1.29 is 18.7 Å². The van der Waals surface area contributed by atoms with Crippen molar-refractivity contribution in [2.45, 2.75) is 0 Å². The van der Waals surface area contributed by atoms with Crippen LogP contribution in [-0.2, 0) is 4.79 Å². The van der Waals surface area contributed by atoms with Gasteiger partial charge in [0.1, 0.15) is 5.82 Å². The van der Waals surface area contributed by atoms with Gasteiger partial charge < -0.3 is 9.52 Å². The minimum Gasteiger partial charge on any atom is -0.478 e. The lowest BCUT2D eigenvalue weighted by atomic mass is 10.3. The van der Waals surface area contributed by atoms with Crippen molar-refractivity contribution in [2.75, 3.05) is 0 Å². The van der Waals surface area contributed by atoms with Crippen LogP contribution < -0.4 is 0 Å². The Morgan fingerprint density at radius 3 is 2.94 bits per heavy atom. The normalized spacial score (nSPS) is 10.9. The van der Waals surface area contributed by atoms with E-state index in [2.05, 4.69) is 15.2 Å². The molecule has 0 fully saturated rings. The second-order valence-corrected chi connectivity index (χ2v) is 3.01. The number of pyridine rings is 1. The Morgan fingerprint density at radius 2 is 2.24 bits per heavy atom. The zero-order valence-electron chi connectivity index (χ0n) is 8.37. The number of hydrogen-bond donors (Lipinski definition) is 1. The Morgan fingerprint density at radius 1 is 1.41 bits per heavy atom. The first-order valence-corrected chi connectivity index (χ1v) is 4.50. The Bertz CT molecular complexity index is 580. The van der Waals surface area contributed by atoms with Crippen molar-refractivity contribution in [3.05, 3.63) is 36.2 Å². The van der Waals surface area contributed by atoms with Crippen molar-refractivity contribution >= 4 is 12.0 Å². The first-order chi connectivity index (χ1) is 8.15. The highest BCUT2D eigenvalue weighted by Crippen LogP contribution is 2.17. The van der Waals surface area contributed by atoms with E-state index >= 15 is 0 Å². The summed E-state index contributed by atoms with van der Waals surface area (Å²) in [6.07, 6.45) is 4.42. The van der Waals surface area contributed by atoms with E-state index in [9.17, 15) is 9.18 Å². The number of hydrogen-bond acceptors (Lipinski definition) is 5. The predicted octanol–water partition coefficient (Wildman–Crippen LogP) is 1.37. The Labute approximate surface area is 94.4 Å². The molecule has 17 heavy (non-hydrogen) atoms. The van der Waals surface area contributed by atoms with Crippen molar-refractivity contribution in [1.82, 2.24) is 15.2 Å². The molecule has 86 valence electrons. The Balaban J connectivity index is 2.27. The molecule has 0 radical (unpaired) electrons. The van der Waals surface area contributed by atoms with E-state index in [0.29, 0.717) is 5.56 Å². The van der Waals surface area contributed by atoms with Gasteiger partial charge in [0.2, 0.25) is 11.8 Å². The summed E-state index contributed by atoms with van der Waals surface area (Å²) in [7, 11) is 0. The largest absolute Gasteiger partial charge is 0.478 e. The molecule has 0 atom stereocenters. The Hall–Kier alpha value is -2.57. The lowest BCUT2D eigenvalue weighted by Gasteiger charge is -1.92. The van der Waals surface area contributed by atoms with Gasteiger partial charge in [-0.2, -0.15) is 0 Å². The smallest absolute Gasteiger partial charge is 0.328 e. The van der Waals surface area contributed by atoms with Gasteiger partial charge >= 0.3 is 5.97 Å². The first kappa shape index (κ1) is 10.9. The molecule has 0 saturated heterocycles. The number of halogens is 1. The number of nitrogens with zero attached hydrogens (tertiary/aromatic N) is 3. The maximum absolute atomic E-state index is 12.9. The van der Waals surface area contributed by atoms with Gasteiger partial charge in [-0.25, -0.2) is 9.18 Å². The van der Waals surface area contributed by atoms with Gasteiger partial charge in [-0.3, -0.25) is 4.98 Å². The molecule has 2 rings (SSSR count). The summed E-state index contributed by atoms with van der Waals surface area (Å²) in [5, 5.41) is 15.6. The van der Waals surface area contributed by atoms with Crippen molar-refractivity contribution in [3.8, 4) is 11.5 Å². The molecule has 0 saturated carbocycles. The van der Waals surface area contributed by atoms with E-state index in [1.165, 1.54) is 12.3 Å². The maximum Gasteiger partial charge on any atom is 0.328 e. The standard InChI is InChI=1S/C10H6FN3O3/c11-7-3-6(4-12-5-7)10-14-13-8(17-10)1-2-9(15)16/h1-5H,(H,15,16)/b2-1+. The molecule has 0 aliphatic heterocycles. The molecule has 0 aromatic carbocycles. The van der Waals surface area contributed by atoms with Crippen LogP contribution in [0.4, 0.5) is 4.39 Å². The molecular weight excluding hydrogens is 229 g/mol. The molecule has 2 aromatic heterocycles. The van der Waals surface area contributed by atoms with Crippen LogP contribution in [0.2, 0.25) is 0 Å². The molecule has 2 aromatic rings. The minimum atomic E-state index is -1.13. The summed E-state index contributed by atoms with van der Waals surface area (Å²) in [6.45, 7) is 0. The fourth-order valence-corrected chi connectivity index (χ4v) is 1.09. The summed E-state index contributed by atoms with van der Waals surface area (Å²) in [5.74, 6) is -1.56. The minimum absolute atomic E-state index is 0.0201. The van der Waals surface area contributed by atoms with E-state index in [1.54, 1.807) is 0 Å². The third-order valence-electron chi connectivity index (χ3n) is 1.76. The van der Waals surface area contributed by atoms with E-state index < -0.39 is 11.8 Å². The lowest BCUT2D eigenvalue weighted by Crippen LogP contribution is -1.85. The fraction of sp³-hybridized carbons (Fsp3) is 0. The van der Waals surface area contributed by atoms with Crippen LogP contribution in [0.5, 0.6) is 0 Å². The predicted molar refractivity (Wildman–Crippen MR) is 54.2 cm³/mol. The second kappa shape index (κ2) is 4.52. The third-order valence-corrected chi connectivity index (χ3v) is 1.76. The van der Waals surface area contributed by atoms with E-state index in [4.69, 9.17) is 9.52 Å². The molecule has 7 heteroatoms. The average molecular weight is 235 g/mol. The van der Waals surface area contributed by atoms with Gasteiger partial charge in [-0.05, 0) is 6.07 Å². The van der Waals surface area contributed by atoms with E-state index in [-0.39, 0.29) is 11.8 Å². The fourth-order valence-electron chi connectivity index (χ4n) is 1.09. The number of carboxylic acids is 1. The highest BCUT2D eigenvalue weighted by Gasteiger charge is 2.08. The van der Waals surface area contributed by atoms with Crippen LogP contribution in [0.15, 0.2) is 29.0 Å². The van der Waals surface area contributed by atoms with Gasteiger partial charge in [0.25, 0.3) is 0 Å². The van der Waals surface area contributed by atoms with Gasteiger partial charge in [-0.1, -0.05) is 0 Å². The molecule has 2 heterocycles. The molecule has 0 aliphatic carbocycles. The van der Waals surface area contributed by atoms with Gasteiger partial charge in [0.05, 0.1) is 11.8 Å². The molecule has 0 unspecified atom stereocenters. The highest BCUT2D eigenvalue weighted by molar-refractivity contribution is 5.84. The van der Waals surface area contributed by atoms with E-state index in [0.717, 1.165) is 18.3 Å². The molecule has 0 aliphatic rings. The number of rotatable bonds is 3. The topological polar surface area (TPSA) is 89.1 Å². The zero-order valence-corrected chi connectivity index (χ0v) is 8.37. The van der Waals surface area contributed by atoms with Crippen LogP contribution >= 0.6 is 0 Å². The number of aliphatic carboxylic acids is 1. The quantitative estimate of drug-likeness (QED) is 0.808. The van der Waals surface area contributed by atoms with Gasteiger partial charge in [0.15, 0.2) is 0 Å². The summed E-state index contributed by atoms with van der Waals surface area (Å²) >= 11 is 0. The summed E-state index contributed by atoms with van der Waals surface area (Å²) < 4.78 is 18.0. The molecule has 0 amide bonds. The van der Waals surface area contributed by atoms with Crippen LogP contribution in [0.1, 0.15) is 5.89 Å². The SMILES string of the molecule is O=C(O)/C=C/c1nnc(-c2cncc(F)c2)o1. The summed E-state index contributed by atoms with van der Waals surface area (Å²) in [5.41, 5.74) is 0.326.